The van der Waals surface area contributed by atoms with Gasteiger partial charge in [0.05, 0.1) is 6.10 Å². The number of aromatic nitrogens is 1. The van der Waals surface area contributed by atoms with Crippen LogP contribution in [0.5, 0.6) is 5.75 Å². The van der Waals surface area contributed by atoms with Gasteiger partial charge in [-0.15, -0.1) is 24.5 Å². The van der Waals surface area contributed by atoms with Gasteiger partial charge in [-0.1, -0.05) is 13.8 Å². The molecule has 2 aromatic rings. The van der Waals surface area contributed by atoms with Crippen LogP contribution < -0.4 is 4.74 Å². The highest BCUT2D eigenvalue weighted by Crippen LogP contribution is 2.46. The lowest BCUT2D eigenvalue weighted by molar-refractivity contribution is -0.274. The van der Waals surface area contributed by atoms with E-state index in [0.717, 1.165) is 17.7 Å². The second-order valence-corrected chi connectivity index (χ2v) is 7.54. The van der Waals surface area contributed by atoms with Crippen molar-refractivity contribution in [2.75, 3.05) is 7.11 Å². The van der Waals surface area contributed by atoms with E-state index in [-0.39, 0.29) is 22.9 Å². The van der Waals surface area contributed by atoms with E-state index in [1.807, 2.05) is 26.2 Å². The van der Waals surface area contributed by atoms with E-state index in [9.17, 15) is 13.2 Å². The average molecular weight is 414 g/mol. The zero-order valence-corrected chi connectivity index (χ0v) is 17.7. The number of rotatable bonds is 7. The van der Waals surface area contributed by atoms with E-state index in [1.54, 1.807) is 26.1 Å². The van der Waals surface area contributed by atoms with Crippen molar-refractivity contribution in [3.05, 3.63) is 28.8 Å². The minimum Gasteiger partial charge on any atom is -0.403 e. The molecule has 0 amide bonds. The van der Waals surface area contributed by atoms with Crippen molar-refractivity contribution in [1.82, 2.24) is 4.98 Å². The lowest BCUT2D eigenvalue weighted by Gasteiger charge is -2.22. The highest BCUT2D eigenvalue weighted by Gasteiger charge is 2.35. The first-order chi connectivity index (χ1) is 13.1. The summed E-state index contributed by atoms with van der Waals surface area (Å²) in [7, 11) is 1.44. The van der Waals surface area contributed by atoms with E-state index in [1.165, 1.54) is 18.4 Å². The van der Waals surface area contributed by atoms with Gasteiger partial charge in [-0.2, -0.15) is 0 Å². The van der Waals surface area contributed by atoms with Gasteiger partial charge < -0.3 is 9.47 Å². The minimum atomic E-state index is -4.84. The largest absolute Gasteiger partial charge is 0.573 e. The summed E-state index contributed by atoms with van der Waals surface area (Å²) in [5.41, 5.74) is 2.50. The first-order valence-corrected chi connectivity index (χ1v) is 9.88. The Morgan fingerprint density at radius 3 is 2.50 bits per heavy atom. The molecule has 4 nitrogen and oxygen atoms in total. The van der Waals surface area contributed by atoms with Crippen molar-refractivity contribution in [1.29, 1.82) is 0 Å². The maximum absolute atomic E-state index is 13.2. The highest BCUT2D eigenvalue weighted by atomic mass is 32.1. The van der Waals surface area contributed by atoms with Gasteiger partial charge in [0.2, 0.25) is 0 Å². The zero-order valence-electron chi connectivity index (χ0n) is 16.8. The fraction of sp³-hybridized carbons (Fsp3) is 0.500. The van der Waals surface area contributed by atoms with Gasteiger partial charge in [-0.25, -0.2) is 4.98 Å². The molecule has 2 atom stereocenters. The summed E-state index contributed by atoms with van der Waals surface area (Å²) in [6.07, 6.45) is -2.97. The Kier molecular flexibility index (Phi) is 7.22. The molecule has 0 N–H and O–H groups in total. The Morgan fingerprint density at radius 1 is 1.32 bits per heavy atom. The van der Waals surface area contributed by atoms with Crippen LogP contribution in [0.4, 0.5) is 18.9 Å². The SMILES string of the molecule is CCC(C)C(C)=Nc1c(C)c(-c2nccs2)cc(C(C)OC)c1OC(F)(F)F. The third-order valence-electron chi connectivity index (χ3n) is 4.82. The topological polar surface area (TPSA) is 43.7 Å². The number of hydrogen-bond donors (Lipinski definition) is 0. The van der Waals surface area contributed by atoms with E-state index in [2.05, 4.69) is 14.7 Å². The summed E-state index contributed by atoms with van der Waals surface area (Å²) in [5, 5.41) is 2.53. The number of alkyl halides is 3. The molecule has 2 unspecified atom stereocenters. The number of halogens is 3. The van der Waals surface area contributed by atoms with Crippen LogP contribution in [-0.2, 0) is 4.74 Å². The van der Waals surface area contributed by atoms with Crippen molar-refractivity contribution >= 4 is 22.7 Å². The Morgan fingerprint density at radius 2 is 2.00 bits per heavy atom. The molecule has 0 saturated carbocycles. The van der Waals surface area contributed by atoms with Crippen molar-refractivity contribution in [2.45, 2.75) is 53.5 Å². The fourth-order valence-corrected chi connectivity index (χ4v) is 3.42. The molecular weight excluding hydrogens is 389 g/mol. The molecule has 2 rings (SSSR count). The highest BCUT2D eigenvalue weighted by molar-refractivity contribution is 7.13. The molecule has 0 spiro atoms. The first-order valence-electron chi connectivity index (χ1n) is 9.00. The number of thiazole rings is 1. The molecule has 0 aliphatic carbocycles. The quantitative estimate of drug-likeness (QED) is 0.465. The molecule has 154 valence electrons. The molecule has 1 heterocycles. The molecule has 0 fully saturated rings. The smallest absolute Gasteiger partial charge is 0.403 e. The number of aliphatic imine (C=N–C) groups is 1. The number of ether oxygens (including phenoxy) is 2. The van der Waals surface area contributed by atoms with Crippen LogP contribution in [0.3, 0.4) is 0 Å². The third kappa shape index (κ3) is 5.11. The van der Waals surface area contributed by atoms with Crippen molar-refractivity contribution in [3.8, 4) is 16.3 Å². The number of hydrogen-bond acceptors (Lipinski definition) is 5. The minimum absolute atomic E-state index is 0.130. The van der Waals surface area contributed by atoms with Crippen molar-refractivity contribution in [2.24, 2.45) is 10.9 Å². The Bertz CT molecular complexity index is 833. The third-order valence-corrected chi connectivity index (χ3v) is 5.63. The molecule has 0 aliphatic heterocycles. The van der Waals surface area contributed by atoms with E-state index in [0.29, 0.717) is 10.6 Å². The molecule has 0 bridgehead atoms. The van der Waals surface area contributed by atoms with E-state index in [4.69, 9.17) is 4.74 Å². The summed E-state index contributed by atoms with van der Waals surface area (Å²) in [5.74, 6) is -0.188. The lowest BCUT2D eigenvalue weighted by atomic mass is 9.97. The van der Waals surface area contributed by atoms with Crippen LogP contribution in [0.2, 0.25) is 0 Å². The van der Waals surface area contributed by atoms with Gasteiger partial charge in [0.1, 0.15) is 10.7 Å². The van der Waals surface area contributed by atoms with Crippen LogP contribution in [0.15, 0.2) is 22.6 Å². The summed E-state index contributed by atoms with van der Waals surface area (Å²) in [4.78, 5) is 8.89. The van der Waals surface area contributed by atoms with Crippen LogP contribution >= 0.6 is 11.3 Å². The maximum Gasteiger partial charge on any atom is 0.573 e. The molecule has 1 aromatic heterocycles. The second kappa shape index (κ2) is 9.05. The molecule has 0 radical (unpaired) electrons. The Balaban J connectivity index is 2.84. The number of benzene rings is 1. The zero-order chi connectivity index (χ0) is 21.1. The normalized spacial score (nSPS) is 14.8. The predicted molar refractivity (Wildman–Crippen MR) is 107 cm³/mol. The Labute approximate surface area is 167 Å². The molecule has 28 heavy (non-hydrogen) atoms. The van der Waals surface area contributed by atoms with Crippen LogP contribution in [0, 0.1) is 12.8 Å². The van der Waals surface area contributed by atoms with Crippen LogP contribution in [0.1, 0.15) is 51.3 Å². The Hall–Kier alpha value is -1.93. The fourth-order valence-electron chi connectivity index (χ4n) is 2.71. The summed E-state index contributed by atoms with van der Waals surface area (Å²) in [6, 6.07) is 1.65. The monoisotopic (exact) mass is 414 g/mol. The van der Waals surface area contributed by atoms with E-state index >= 15 is 0 Å². The average Bonchev–Trinajstić information content (AvgIpc) is 3.16. The number of methoxy groups -OCH3 is 1. The second-order valence-electron chi connectivity index (χ2n) is 6.64. The number of nitrogens with zero attached hydrogens (tertiary/aromatic N) is 2. The molecular formula is C20H25F3N2O2S. The van der Waals surface area contributed by atoms with E-state index < -0.39 is 12.5 Å². The molecule has 0 saturated heterocycles. The standard InChI is InChI=1S/C20H25F3N2O2S/c1-7-11(2)13(4)25-17-12(3)15(19-24-8-9-28-19)10-16(14(5)26-6)18(17)27-20(21,22)23/h8-11,14H,7H2,1-6H3. The predicted octanol–water partition coefficient (Wildman–Crippen LogP) is 6.86. The van der Waals surface area contributed by atoms with Gasteiger partial charge in [-0.3, -0.25) is 4.99 Å². The molecule has 0 aliphatic rings. The van der Waals surface area contributed by atoms with Gasteiger partial charge in [0.15, 0.2) is 5.75 Å². The lowest BCUT2D eigenvalue weighted by Crippen LogP contribution is -2.19. The summed E-state index contributed by atoms with van der Waals surface area (Å²) < 4.78 is 49.4. The van der Waals surface area contributed by atoms with Crippen molar-refractivity contribution in [3.63, 3.8) is 0 Å². The van der Waals surface area contributed by atoms with Gasteiger partial charge >= 0.3 is 6.36 Å². The van der Waals surface area contributed by atoms with Gasteiger partial charge in [-0.05, 0) is 44.7 Å². The van der Waals surface area contributed by atoms with Crippen LogP contribution in [0.25, 0.3) is 10.6 Å². The summed E-state index contributed by atoms with van der Waals surface area (Å²) >= 11 is 1.41. The van der Waals surface area contributed by atoms with Crippen molar-refractivity contribution < 1.29 is 22.6 Å². The van der Waals surface area contributed by atoms with Crippen LogP contribution in [-0.4, -0.2) is 24.2 Å². The maximum atomic E-state index is 13.2. The van der Waals surface area contributed by atoms with Gasteiger partial charge in [0, 0.05) is 35.5 Å². The summed E-state index contributed by atoms with van der Waals surface area (Å²) in [6.45, 7) is 9.23. The molecule has 8 heteroatoms. The first kappa shape index (κ1) is 22.4. The molecule has 1 aromatic carbocycles. The van der Waals surface area contributed by atoms with Gasteiger partial charge in [0.25, 0.3) is 0 Å².